The van der Waals surface area contributed by atoms with Gasteiger partial charge in [-0.05, 0) is 18.2 Å². The third-order valence-corrected chi connectivity index (χ3v) is 4.83. The fourth-order valence-corrected chi connectivity index (χ4v) is 3.35. The third-order valence-electron chi connectivity index (χ3n) is 4.83. The van der Waals surface area contributed by atoms with Crippen molar-refractivity contribution in [1.29, 1.82) is 0 Å². The van der Waals surface area contributed by atoms with E-state index in [0.29, 0.717) is 25.4 Å². The lowest BCUT2D eigenvalue weighted by atomic mass is 10.1. The van der Waals surface area contributed by atoms with Crippen molar-refractivity contribution in [3.8, 4) is 5.75 Å². The number of nitrogens with zero attached hydrogens (tertiary/aromatic N) is 4. The van der Waals surface area contributed by atoms with Crippen LogP contribution in [0.25, 0.3) is 0 Å². The highest BCUT2D eigenvalue weighted by Gasteiger charge is 2.24. The van der Waals surface area contributed by atoms with E-state index < -0.39 is 11.6 Å². The van der Waals surface area contributed by atoms with Crippen LogP contribution < -0.4 is 4.74 Å². The monoisotopic (exact) mass is 403 g/mol. The first kappa shape index (κ1) is 19.5. The number of aromatic nitrogens is 4. The Labute approximate surface area is 167 Å². The van der Waals surface area contributed by atoms with Crippen LogP contribution in [0.15, 0.2) is 36.7 Å². The predicted octanol–water partition coefficient (Wildman–Crippen LogP) is 2.62. The minimum Gasteiger partial charge on any atom is -0.493 e. The van der Waals surface area contributed by atoms with Gasteiger partial charge in [-0.15, -0.1) is 0 Å². The van der Waals surface area contributed by atoms with E-state index in [9.17, 15) is 8.78 Å². The quantitative estimate of drug-likeness (QED) is 0.657. The van der Waals surface area contributed by atoms with E-state index >= 15 is 0 Å². The predicted molar refractivity (Wildman–Crippen MR) is 101 cm³/mol. The topological polar surface area (TPSA) is 68.2 Å². The van der Waals surface area contributed by atoms with Crippen LogP contribution in [0, 0.1) is 11.6 Å². The van der Waals surface area contributed by atoms with Crippen molar-refractivity contribution in [2.45, 2.75) is 19.1 Å². The molecule has 154 valence electrons. The Balaban J connectivity index is 1.29. The van der Waals surface area contributed by atoms with Gasteiger partial charge in [-0.2, -0.15) is 10.2 Å². The van der Waals surface area contributed by atoms with Gasteiger partial charge in [0.25, 0.3) is 0 Å². The standard InChI is InChI=1S/C20H23F2N5O2/c1-26-11-14(10-23-26)12-27-5-7-29-20(13-27)19-8-15(24-25-19)4-6-28-16-2-3-17(21)18(22)9-16/h2-3,8-11,20H,4-7,12-13H2,1H3,(H,24,25)/t20-/m1/s1. The maximum absolute atomic E-state index is 13.2. The van der Waals surface area contributed by atoms with Crippen molar-refractivity contribution in [3.63, 3.8) is 0 Å². The molecular weight excluding hydrogens is 380 g/mol. The fourth-order valence-electron chi connectivity index (χ4n) is 3.35. The van der Waals surface area contributed by atoms with Crippen molar-refractivity contribution >= 4 is 0 Å². The molecule has 1 aromatic carbocycles. The highest BCUT2D eigenvalue weighted by molar-refractivity contribution is 5.23. The molecular formula is C20H23F2N5O2. The van der Waals surface area contributed by atoms with E-state index in [1.165, 1.54) is 11.6 Å². The second-order valence-corrected chi connectivity index (χ2v) is 7.11. The Hall–Kier alpha value is -2.78. The summed E-state index contributed by atoms with van der Waals surface area (Å²) in [5.41, 5.74) is 2.92. The average Bonchev–Trinajstić information content (AvgIpc) is 3.34. The summed E-state index contributed by atoms with van der Waals surface area (Å²) in [7, 11) is 1.91. The molecule has 0 unspecified atom stereocenters. The molecule has 3 heterocycles. The second kappa shape index (κ2) is 8.71. The molecule has 29 heavy (non-hydrogen) atoms. The largest absolute Gasteiger partial charge is 0.493 e. The number of hydrogen-bond acceptors (Lipinski definition) is 5. The van der Waals surface area contributed by atoms with Crippen molar-refractivity contribution in [1.82, 2.24) is 24.9 Å². The number of H-pyrrole nitrogens is 1. The maximum Gasteiger partial charge on any atom is 0.162 e. The Morgan fingerprint density at radius 1 is 1.28 bits per heavy atom. The number of nitrogens with one attached hydrogen (secondary N) is 1. The van der Waals surface area contributed by atoms with Crippen LogP contribution in [0.1, 0.15) is 23.1 Å². The van der Waals surface area contributed by atoms with Gasteiger partial charge in [0.1, 0.15) is 11.9 Å². The van der Waals surface area contributed by atoms with E-state index in [1.54, 1.807) is 4.68 Å². The summed E-state index contributed by atoms with van der Waals surface area (Å²) in [6, 6.07) is 5.47. The summed E-state index contributed by atoms with van der Waals surface area (Å²) in [5, 5.41) is 11.6. The summed E-state index contributed by atoms with van der Waals surface area (Å²) in [5.74, 6) is -1.51. The highest BCUT2D eigenvalue weighted by atomic mass is 19.2. The molecule has 1 fully saturated rings. The van der Waals surface area contributed by atoms with Crippen LogP contribution in [-0.4, -0.2) is 51.2 Å². The molecule has 0 spiro atoms. The highest BCUT2D eigenvalue weighted by Crippen LogP contribution is 2.23. The molecule has 3 aromatic rings. The lowest BCUT2D eigenvalue weighted by Gasteiger charge is -2.31. The summed E-state index contributed by atoms with van der Waals surface area (Å²) in [6.45, 7) is 3.42. The SMILES string of the molecule is Cn1cc(CN2CCO[C@@H](c3cc(CCOc4ccc(F)c(F)c4)[nH]n3)C2)cn1. The number of aryl methyl sites for hydroxylation is 1. The molecule has 0 radical (unpaired) electrons. The van der Waals surface area contributed by atoms with Crippen molar-refractivity contribution in [3.05, 3.63) is 65.2 Å². The van der Waals surface area contributed by atoms with Crippen LogP contribution in [0.4, 0.5) is 8.78 Å². The van der Waals surface area contributed by atoms with Gasteiger partial charge in [0.2, 0.25) is 0 Å². The Morgan fingerprint density at radius 2 is 2.17 bits per heavy atom. The van der Waals surface area contributed by atoms with Gasteiger partial charge in [-0.3, -0.25) is 14.7 Å². The van der Waals surface area contributed by atoms with Gasteiger partial charge in [-0.1, -0.05) is 0 Å². The third kappa shape index (κ3) is 4.99. The number of hydrogen-bond donors (Lipinski definition) is 1. The van der Waals surface area contributed by atoms with Gasteiger partial charge in [-0.25, -0.2) is 8.78 Å². The van der Waals surface area contributed by atoms with Crippen molar-refractivity contribution in [2.75, 3.05) is 26.3 Å². The van der Waals surface area contributed by atoms with E-state index in [1.807, 2.05) is 25.5 Å². The summed E-state index contributed by atoms with van der Waals surface area (Å²) in [4.78, 5) is 2.33. The molecule has 1 atom stereocenters. The molecule has 7 nitrogen and oxygen atoms in total. The summed E-state index contributed by atoms with van der Waals surface area (Å²) >= 11 is 0. The van der Waals surface area contributed by atoms with Crippen LogP contribution in [0.3, 0.4) is 0 Å². The van der Waals surface area contributed by atoms with E-state index in [4.69, 9.17) is 9.47 Å². The Morgan fingerprint density at radius 3 is 2.97 bits per heavy atom. The number of ether oxygens (including phenoxy) is 2. The van der Waals surface area contributed by atoms with Gasteiger partial charge in [0.15, 0.2) is 11.6 Å². The van der Waals surface area contributed by atoms with E-state index in [0.717, 1.165) is 43.2 Å². The number of aromatic amines is 1. The van der Waals surface area contributed by atoms with Gasteiger partial charge < -0.3 is 9.47 Å². The van der Waals surface area contributed by atoms with Crippen LogP contribution in [-0.2, 0) is 24.8 Å². The minimum atomic E-state index is -0.920. The lowest BCUT2D eigenvalue weighted by Crippen LogP contribution is -2.37. The van der Waals surface area contributed by atoms with Crippen LogP contribution >= 0.6 is 0 Å². The smallest absolute Gasteiger partial charge is 0.162 e. The first-order valence-corrected chi connectivity index (χ1v) is 9.50. The van der Waals surface area contributed by atoms with Crippen molar-refractivity contribution in [2.24, 2.45) is 7.05 Å². The summed E-state index contributed by atoms with van der Waals surface area (Å²) < 4.78 is 39.3. The van der Waals surface area contributed by atoms with Gasteiger partial charge in [0.05, 0.1) is 25.1 Å². The van der Waals surface area contributed by atoms with E-state index in [2.05, 4.69) is 20.2 Å². The fraction of sp³-hybridized carbons (Fsp3) is 0.400. The zero-order valence-corrected chi connectivity index (χ0v) is 16.1. The number of benzene rings is 1. The second-order valence-electron chi connectivity index (χ2n) is 7.11. The Bertz CT molecular complexity index is 958. The van der Waals surface area contributed by atoms with Crippen molar-refractivity contribution < 1.29 is 18.3 Å². The normalized spacial score (nSPS) is 17.6. The molecule has 2 aromatic heterocycles. The molecule has 0 saturated carbocycles. The zero-order valence-electron chi connectivity index (χ0n) is 16.1. The molecule has 1 aliphatic heterocycles. The minimum absolute atomic E-state index is 0.0995. The van der Waals surface area contributed by atoms with Gasteiger partial charge >= 0.3 is 0 Å². The van der Waals surface area contributed by atoms with E-state index in [-0.39, 0.29) is 6.10 Å². The molecule has 0 amide bonds. The van der Waals surface area contributed by atoms with Gasteiger partial charge in [0, 0.05) is 56.6 Å². The molecule has 1 saturated heterocycles. The summed E-state index contributed by atoms with van der Waals surface area (Å²) in [6.07, 6.45) is 4.37. The van der Waals surface area contributed by atoms with Crippen LogP contribution in [0.2, 0.25) is 0 Å². The first-order valence-electron chi connectivity index (χ1n) is 9.50. The molecule has 4 rings (SSSR count). The molecule has 9 heteroatoms. The molecule has 0 aliphatic carbocycles. The lowest BCUT2D eigenvalue weighted by molar-refractivity contribution is -0.0350. The average molecular weight is 403 g/mol. The Kier molecular flexibility index (Phi) is 5.86. The number of morpholine rings is 1. The number of rotatable bonds is 7. The molecule has 0 bridgehead atoms. The maximum atomic E-state index is 13.2. The number of halogens is 2. The first-order chi connectivity index (χ1) is 14.1. The molecule has 1 N–H and O–H groups in total. The molecule has 1 aliphatic rings. The zero-order chi connectivity index (χ0) is 20.2. The van der Waals surface area contributed by atoms with Crippen LogP contribution in [0.5, 0.6) is 5.75 Å².